The van der Waals surface area contributed by atoms with Crippen molar-refractivity contribution in [1.29, 1.82) is 0 Å². The summed E-state index contributed by atoms with van der Waals surface area (Å²) < 4.78 is 18.5. The third-order valence-electron chi connectivity index (χ3n) is 4.95. The average Bonchev–Trinajstić information content (AvgIpc) is 3.35. The van der Waals surface area contributed by atoms with Gasteiger partial charge in [0.05, 0.1) is 13.1 Å². The minimum Gasteiger partial charge on any atom is -0.442 e. The number of hydrogen-bond acceptors (Lipinski definition) is 3. The van der Waals surface area contributed by atoms with E-state index >= 15 is 0 Å². The smallest absolute Gasteiger partial charge is 0.410 e. The van der Waals surface area contributed by atoms with Gasteiger partial charge in [0.2, 0.25) is 5.91 Å². The molecule has 2 atom stereocenters. The van der Waals surface area contributed by atoms with Gasteiger partial charge >= 0.3 is 6.09 Å². The standard InChI is InChI=1S/C20H27FN2O3/c1-13(2)9-15(14-3-5-16(21)6-4-14)10-19(24)22-11-18-12-23(17-7-8-17)20(25)26-18/h3-6,13,15,17-18H,7-12H2,1-2H3,(H,22,24). The number of amides is 2. The molecular formula is C20H27FN2O3. The van der Waals surface area contributed by atoms with Crippen LogP contribution in [0, 0.1) is 11.7 Å². The van der Waals surface area contributed by atoms with E-state index in [1.165, 1.54) is 12.1 Å². The number of nitrogens with one attached hydrogen (secondary N) is 1. The first-order chi connectivity index (χ1) is 12.4. The van der Waals surface area contributed by atoms with Crippen molar-refractivity contribution in [2.75, 3.05) is 13.1 Å². The lowest BCUT2D eigenvalue weighted by Gasteiger charge is -2.20. The second kappa shape index (κ2) is 8.06. The van der Waals surface area contributed by atoms with Gasteiger partial charge in [0.25, 0.3) is 0 Å². The van der Waals surface area contributed by atoms with Crippen LogP contribution in [0.2, 0.25) is 0 Å². The third kappa shape index (κ3) is 4.96. The largest absolute Gasteiger partial charge is 0.442 e. The topological polar surface area (TPSA) is 58.6 Å². The lowest BCUT2D eigenvalue weighted by Crippen LogP contribution is -2.35. The van der Waals surface area contributed by atoms with Crippen LogP contribution in [0.25, 0.3) is 0 Å². The minimum atomic E-state index is -0.276. The first kappa shape index (κ1) is 18.7. The third-order valence-corrected chi connectivity index (χ3v) is 4.95. The van der Waals surface area contributed by atoms with E-state index in [9.17, 15) is 14.0 Å². The van der Waals surface area contributed by atoms with Crippen LogP contribution in [0.15, 0.2) is 24.3 Å². The molecule has 2 fully saturated rings. The molecule has 1 aromatic rings. The molecular weight excluding hydrogens is 335 g/mol. The molecule has 0 spiro atoms. The van der Waals surface area contributed by atoms with E-state index in [0.29, 0.717) is 31.5 Å². The number of carbonyl (C=O) groups excluding carboxylic acids is 2. The predicted molar refractivity (Wildman–Crippen MR) is 96.2 cm³/mol. The summed E-state index contributed by atoms with van der Waals surface area (Å²) in [6.45, 7) is 5.11. The second-order valence-electron chi connectivity index (χ2n) is 7.78. The highest BCUT2D eigenvalue weighted by Crippen LogP contribution is 2.30. The van der Waals surface area contributed by atoms with E-state index in [-0.39, 0.29) is 29.8 Å². The quantitative estimate of drug-likeness (QED) is 0.771. The van der Waals surface area contributed by atoms with Gasteiger partial charge in [-0.1, -0.05) is 26.0 Å². The van der Waals surface area contributed by atoms with Gasteiger partial charge < -0.3 is 15.0 Å². The minimum absolute atomic E-state index is 0.0460. The van der Waals surface area contributed by atoms with Crippen LogP contribution >= 0.6 is 0 Å². The van der Waals surface area contributed by atoms with Crippen LogP contribution in [-0.4, -0.2) is 42.1 Å². The Morgan fingerprint density at radius 1 is 1.31 bits per heavy atom. The van der Waals surface area contributed by atoms with Crippen molar-refractivity contribution in [2.24, 2.45) is 5.92 Å². The summed E-state index contributed by atoms with van der Waals surface area (Å²) in [4.78, 5) is 25.9. The van der Waals surface area contributed by atoms with E-state index in [4.69, 9.17) is 4.74 Å². The van der Waals surface area contributed by atoms with E-state index in [1.54, 1.807) is 17.0 Å². The molecule has 1 aliphatic carbocycles. The molecule has 6 heteroatoms. The summed E-state index contributed by atoms with van der Waals surface area (Å²) in [6, 6.07) is 6.71. The van der Waals surface area contributed by atoms with Crippen LogP contribution < -0.4 is 5.32 Å². The van der Waals surface area contributed by atoms with Crippen molar-refractivity contribution in [2.45, 2.75) is 57.6 Å². The molecule has 1 N–H and O–H groups in total. The molecule has 1 aliphatic heterocycles. The van der Waals surface area contributed by atoms with Crippen molar-refractivity contribution in [1.82, 2.24) is 10.2 Å². The lowest BCUT2D eigenvalue weighted by atomic mass is 9.87. The summed E-state index contributed by atoms with van der Waals surface area (Å²) >= 11 is 0. The van der Waals surface area contributed by atoms with E-state index in [2.05, 4.69) is 19.2 Å². The van der Waals surface area contributed by atoms with Crippen LogP contribution in [-0.2, 0) is 9.53 Å². The molecule has 26 heavy (non-hydrogen) atoms. The Kier molecular flexibility index (Phi) is 5.79. The average molecular weight is 362 g/mol. The zero-order chi connectivity index (χ0) is 18.7. The van der Waals surface area contributed by atoms with Crippen LogP contribution in [0.1, 0.15) is 51.0 Å². The molecule has 1 aromatic carbocycles. The molecule has 0 aromatic heterocycles. The van der Waals surface area contributed by atoms with Gasteiger partial charge in [-0.25, -0.2) is 9.18 Å². The predicted octanol–water partition coefficient (Wildman–Crippen LogP) is 3.44. The van der Waals surface area contributed by atoms with Crippen molar-refractivity contribution >= 4 is 12.0 Å². The number of hydrogen-bond donors (Lipinski definition) is 1. The normalized spacial score (nSPS) is 21.0. The highest BCUT2D eigenvalue weighted by atomic mass is 19.1. The highest BCUT2D eigenvalue weighted by molar-refractivity contribution is 5.77. The fourth-order valence-electron chi connectivity index (χ4n) is 3.50. The SMILES string of the molecule is CC(C)CC(CC(=O)NCC1CN(C2CC2)C(=O)O1)c1ccc(F)cc1. The molecule has 142 valence electrons. The number of halogens is 1. The Morgan fingerprint density at radius 2 is 2.00 bits per heavy atom. The van der Waals surface area contributed by atoms with Crippen molar-refractivity contribution < 1.29 is 18.7 Å². The van der Waals surface area contributed by atoms with Crippen LogP contribution in [0.5, 0.6) is 0 Å². The van der Waals surface area contributed by atoms with Gasteiger partial charge in [-0.15, -0.1) is 0 Å². The lowest BCUT2D eigenvalue weighted by molar-refractivity contribution is -0.121. The number of cyclic esters (lactones) is 1. The van der Waals surface area contributed by atoms with E-state index < -0.39 is 0 Å². The summed E-state index contributed by atoms with van der Waals surface area (Å²) in [5, 5.41) is 2.89. The molecule has 1 saturated carbocycles. The maximum Gasteiger partial charge on any atom is 0.410 e. The summed E-state index contributed by atoms with van der Waals surface area (Å²) in [5.41, 5.74) is 0.974. The molecule has 0 bridgehead atoms. The number of ether oxygens (including phenoxy) is 1. The monoisotopic (exact) mass is 362 g/mol. The molecule has 1 saturated heterocycles. The first-order valence-corrected chi connectivity index (χ1v) is 9.41. The Hall–Kier alpha value is -2.11. The number of rotatable bonds is 8. The van der Waals surface area contributed by atoms with Crippen molar-refractivity contribution in [3.8, 4) is 0 Å². The Labute approximate surface area is 153 Å². The molecule has 2 amide bonds. The van der Waals surface area contributed by atoms with Gasteiger partial charge in [0.15, 0.2) is 0 Å². The zero-order valence-electron chi connectivity index (χ0n) is 15.4. The van der Waals surface area contributed by atoms with E-state index in [1.807, 2.05) is 0 Å². The highest BCUT2D eigenvalue weighted by Gasteiger charge is 2.40. The Bertz CT molecular complexity index is 643. The number of carbonyl (C=O) groups is 2. The van der Waals surface area contributed by atoms with Crippen LogP contribution in [0.4, 0.5) is 9.18 Å². The van der Waals surface area contributed by atoms with Crippen molar-refractivity contribution in [3.05, 3.63) is 35.6 Å². The molecule has 1 heterocycles. The number of benzene rings is 1. The Balaban J connectivity index is 1.51. The molecule has 3 rings (SSSR count). The van der Waals surface area contributed by atoms with Gasteiger partial charge in [-0.3, -0.25) is 4.79 Å². The zero-order valence-corrected chi connectivity index (χ0v) is 15.4. The fourth-order valence-corrected chi connectivity index (χ4v) is 3.50. The summed E-state index contributed by atoms with van der Waals surface area (Å²) in [5.74, 6) is 0.135. The second-order valence-corrected chi connectivity index (χ2v) is 7.78. The Morgan fingerprint density at radius 3 is 2.62 bits per heavy atom. The van der Waals surface area contributed by atoms with Gasteiger partial charge in [-0.2, -0.15) is 0 Å². The van der Waals surface area contributed by atoms with Crippen LogP contribution in [0.3, 0.4) is 0 Å². The van der Waals surface area contributed by atoms with E-state index in [0.717, 1.165) is 24.8 Å². The van der Waals surface area contributed by atoms with Gasteiger partial charge in [0.1, 0.15) is 11.9 Å². The van der Waals surface area contributed by atoms with Gasteiger partial charge in [0, 0.05) is 12.5 Å². The number of nitrogens with zero attached hydrogens (tertiary/aromatic N) is 1. The molecule has 5 nitrogen and oxygen atoms in total. The molecule has 2 unspecified atom stereocenters. The molecule has 2 aliphatic rings. The maximum atomic E-state index is 13.2. The maximum absolute atomic E-state index is 13.2. The first-order valence-electron chi connectivity index (χ1n) is 9.41. The summed E-state index contributed by atoms with van der Waals surface area (Å²) in [7, 11) is 0. The van der Waals surface area contributed by atoms with Crippen molar-refractivity contribution in [3.63, 3.8) is 0 Å². The fraction of sp³-hybridized carbons (Fsp3) is 0.600. The van der Waals surface area contributed by atoms with Gasteiger partial charge in [-0.05, 0) is 48.8 Å². The summed E-state index contributed by atoms with van der Waals surface area (Å²) in [6.07, 6.45) is 2.74. The molecule has 0 radical (unpaired) electrons.